The van der Waals surface area contributed by atoms with Crippen LogP contribution in [0.3, 0.4) is 0 Å². The average molecular weight is 334 g/mol. The average Bonchev–Trinajstić information content (AvgIpc) is 3.12. The molecule has 1 aliphatic carbocycles. The Hall–Kier alpha value is -1.66. The van der Waals surface area contributed by atoms with Gasteiger partial charge >= 0.3 is 6.03 Å². The first kappa shape index (κ1) is 15.8. The molecule has 2 saturated heterocycles. The Morgan fingerprint density at radius 3 is 2.88 bits per heavy atom. The Balaban J connectivity index is 1.36. The van der Waals surface area contributed by atoms with E-state index in [4.69, 9.17) is 9.47 Å². The molecule has 2 fully saturated rings. The topological polar surface area (TPSA) is 50.8 Å². The number of nitrogens with zero attached hydrogens (tertiary/aromatic N) is 1. The molecule has 2 heterocycles. The smallest absolute Gasteiger partial charge is 0.317 e. The second-order valence-electron chi connectivity index (χ2n) is 7.02. The van der Waals surface area contributed by atoms with Crippen molar-refractivity contribution in [3.05, 3.63) is 35.1 Å². The summed E-state index contributed by atoms with van der Waals surface area (Å²) in [5.41, 5.74) is 2.04. The second kappa shape index (κ2) is 6.01. The lowest BCUT2D eigenvalue weighted by Crippen LogP contribution is -2.50. The number of ether oxygens (including phenoxy) is 2. The zero-order chi connectivity index (χ0) is 16.7. The first-order chi connectivity index (χ1) is 11.5. The Morgan fingerprint density at radius 1 is 1.38 bits per heavy atom. The number of amides is 2. The summed E-state index contributed by atoms with van der Waals surface area (Å²) in [7, 11) is 0. The number of benzene rings is 1. The third-order valence-corrected chi connectivity index (χ3v) is 5.29. The molecule has 0 bridgehead atoms. The van der Waals surface area contributed by atoms with Crippen LogP contribution in [0.5, 0.6) is 0 Å². The third kappa shape index (κ3) is 2.89. The van der Waals surface area contributed by atoms with E-state index in [1.807, 2.05) is 13.0 Å². The Kier molecular flexibility index (Phi) is 3.96. The lowest BCUT2D eigenvalue weighted by atomic mass is 10.0. The van der Waals surface area contributed by atoms with Gasteiger partial charge in [0.1, 0.15) is 5.82 Å². The van der Waals surface area contributed by atoms with Crippen LogP contribution in [0.1, 0.15) is 43.4 Å². The summed E-state index contributed by atoms with van der Waals surface area (Å²) < 4.78 is 25.2. The van der Waals surface area contributed by atoms with Gasteiger partial charge in [0.25, 0.3) is 0 Å². The zero-order valence-electron chi connectivity index (χ0n) is 13.9. The second-order valence-corrected chi connectivity index (χ2v) is 7.02. The van der Waals surface area contributed by atoms with Crippen LogP contribution in [0.4, 0.5) is 9.18 Å². The minimum Gasteiger partial charge on any atom is -0.347 e. The van der Waals surface area contributed by atoms with Crippen molar-refractivity contribution in [3.63, 3.8) is 0 Å². The van der Waals surface area contributed by atoms with E-state index >= 15 is 0 Å². The van der Waals surface area contributed by atoms with E-state index in [0.29, 0.717) is 32.5 Å². The predicted octanol–water partition coefficient (Wildman–Crippen LogP) is 2.75. The molecule has 4 rings (SSSR count). The minimum atomic E-state index is -0.501. The van der Waals surface area contributed by atoms with Crippen LogP contribution in [0.2, 0.25) is 0 Å². The molecule has 0 saturated carbocycles. The molecular weight excluding hydrogens is 311 g/mol. The molecule has 5 nitrogen and oxygen atoms in total. The van der Waals surface area contributed by atoms with Gasteiger partial charge in [-0.3, -0.25) is 0 Å². The maximum Gasteiger partial charge on any atom is 0.317 e. The van der Waals surface area contributed by atoms with Gasteiger partial charge in [-0.05, 0) is 43.0 Å². The highest BCUT2D eigenvalue weighted by Crippen LogP contribution is 2.35. The normalized spacial score (nSPS) is 28.2. The van der Waals surface area contributed by atoms with Crippen LogP contribution in [0.15, 0.2) is 18.2 Å². The van der Waals surface area contributed by atoms with Crippen LogP contribution >= 0.6 is 0 Å². The number of halogens is 1. The van der Waals surface area contributed by atoms with Crippen molar-refractivity contribution >= 4 is 6.03 Å². The van der Waals surface area contributed by atoms with Gasteiger partial charge in [-0.2, -0.15) is 0 Å². The lowest BCUT2D eigenvalue weighted by Gasteiger charge is -2.38. The first-order valence-corrected chi connectivity index (χ1v) is 8.70. The molecule has 0 aromatic heterocycles. The number of carbonyl (C=O) groups excluding carboxylic acids is 1. The molecule has 1 aromatic rings. The number of aryl methyl sites for hydroxylation is 1. The monoisotopic (exact) mass is 334 g/mol. The molecule has 3 aliphatic rings. The minimum absolute atomic E-state index is 0.0852. The SMILES string of the molecule is CC1COC2(CCN(C(=O)NC3CCc4ccc(F)cc43)CC2)O1. The zero-order valence-corrected chi connectivity index (χ0v) is 13.9. The molecule has 24 heavy (non-hydrogen) atoms. The highest BCUT2D eigenvalue weighted by Gasteiger charge is 2.43. The van der Waals surface area contributed by atoms with Gasteiger partial charge in [0.05, 0.1) is 18.8 Å². The van der Waals surface area contributed by atoms with Gasteiger partial charge in [-0.15, -0.1) is 0 Å². The van der Waals surface area contributed by atoms with Gasteiger partial charge in [-0.1, -0.05) is 6.07 Å². The summed E-state index contributed by atoms with van der Waals surface area (Å²) in [6.07, 6.45) is 3.21. The van der Waals surface area contributed by atoms with E-state index in [-0.39, 0.29) is 24.0 Å². The fourth-order valence-corrected chi connectivity index (χ4v) is 3.98. The summed E-state index contributed by atoms with van der Waals surface area (Å²) in [4.78, 5) is 14.4. The number of fused-ring (bicyclic) bond motifs is 1. The number of likely N-dealkylation sites (tertiary alicyclic amines) is 1. The number of rotatable bonds is 1. The van der Waals surface area contributed by atoms with Crippen LogP contribution in [0.25, 0.3) is 0 Å². The predicted molar refractivity (Wildman–Crippen MR) is 86.0 cm³/mol. The summed E-state index contributed by atoms with van der Waals surface area (Å²) in [6.45, 7) is 3.85. The van der Waals surface area contributed by atoms with Crippen molar-refractivity contribution in [2.75, 3.05) is 19.7 Å². The number of nitrogens with one attached hydrogen (secondary N) is 1. The van der Waals surface area contributed by atoms with Crippen molar-refractivity contribution in [1.29, 1.82) is 0 Å². The van der Waals surface area contributed by atoms with Gasteiger partial charge < -0.3 is 19.7 Å². The summed E-state index contributed by atoms with van der Waals surface area (Å²) in [6, 6.07) is 4.66. The molecule has 0 radical (unpaired) electrons. The van der Waals surface area contributed by atoms with E-state index in [1.54, 1.807) is 11.0 Å². The van der Waals surface area contributed by atoms with E-state index in [9.17, 15) is 9.18 Å². The van der Waals surface area contributed by atoms with Gasteiger partial charge in [0.2, 0.25) is 0 Å². The number of urea groups is 1. The molecule has 2 unspecified atom stereocenters. The Labute approximate surface area is 141 Å². The molecule has 130 valence electrons. The van der Waals surface area contributed by atoms with Crippen molar-refractivity contribution in [2.24, 2.45) is 0 Å². The van der Waals surface area contributed by atoms with Crippen LogP contribution in [0, 0.1) is 5.82 Å². The van der Waals surface area contributed by atoms with E-state index in [1.165, 1.54) is 6.07 Å². The quantitative estimate of drug-likeness (QED) is 0.859. The number of hydrogen-bond donors (Lipinski definition) is 1. The van der Waals surface area contributed by atoms with E-state index in [2.05, 4.69) is 5.32 Å². The molecule has 2 atom stereocenters. The number of hydrogen-bond acceptors (Lipinski definition) is 3. The molecule has 2 aliphatic heterocycles. The van der Waals surface area contributed by atoms with Crippen molar-refractivity contribution in [2.45, 2.75) is 50.5 Å². The first-order valence-electron chi connectivity index (χ1n) is 8.70. The molecule has 1 aromatic carbocycles. The molecule has 1 spiro atoms. The van der Waals surface area contributed by atoms with Crippen molar-refractivity contribution in [1.82, 2.24) is 10.2 Å². The number of carbonyl (C=O) groups is 1. The molecule has 6 heteroatoms. The fraction of sp³-hybridized carbons (Fsp3) is 0.611. The standard InChI is InChI=1S/C18H23FN2O3/c1-12-11-23-18(24-12)6-8-21(9-7-18)17(22)20-16-5-3-13-2-4-14(19)10-15(13)16/h2,4,10,12,16H,3,5-9,11H2,1H3,(H,20,22). The maximum absolute atomic E-state index is 13.5. The van der Waals surface area contributed by atoms with Crippen LogP contribution < -0.4 is 5.32 Å². The highest BCUT2D eigenvalue weighted by molar-refractivity contribution is 5.75. The third-order valence-electron chi connectivity index (χ3n) is 5.29. The van der Waals surface area contributed by atoms with Gasteiger partial charge in [-0.25, -0.2) is 9.18 Å². The highest BCUT2D eigenvalue weighted by atomic mass is 19.1. The maximum atomic E-state index is 13.5. The fourth-order valence-electron chi connectivity index (χ4n) is 3.98. The van der Waals surface area contributed by atoms with Crippen LogP contribution in [-0.4, -0.2) is 42.5 Å². The van der Waals surface area contributed by atoms with Crippen molar-refractivity contribution < 1.29 is 18.7 Å². The van der Waals surface area contributed by atoms with Crippen molar-refractivity contribution in [3.8, 4) is 0 Å². The van der Waals surface area contributed by atoms with Gasteiger partial charge in [0, 0.05) is 25.9 Å². The van der Waals surface area contributed by atoms with Crippen LogP contribution in [-0.2, 0) is 15.9 Å². The Bertz CT molecular complexity index is 643. The largest absolute Gasteiger partial charge is 0.347 e. The van der Waals surface area contributed by atoms with E-state index in [0.717, 1.165) is 24.0 Å². The summed E-state index contributed by atoms with van der Waals surface area (Å²) >= 11 is 0. The van der Waals surface area contributed by atoms with Gasteiger partial charge in [0.15, 0.2) is 5.79 Å². The molecule has 2 amide bonds. The van der Waals surface area contributed by atoms with E-state index < -0.39 is 5.79 Å². The molecular formula is C18H23FN2O3. The number of piperidine rings is 1. The summed E-state index contributed by atoms with van der Waals surface area (Å²) in [5.74, 6) is -0.751. The Morgan fingerprint density at radius 2 is 2.17 bits per heavy atom. The molecule has 1 N–H and O–H groups in total. The lowest BCUT2D eigenvalue weighted by molar-refractivity contribution is -0.189. The summed E-state index contributed by atoms with van der Waals surface area (Å²) in [5, 5.41) is 3.06.